The van der Waals surface area contributed by atoms with Gasteiger partial charge in [-0.25, -0.2) is 0 Å². The van der Waals surface area contributed by atoms with E-state index in [9.17, 15) is 0 Å². The van der Waals surface area contributed by atoms with Gasteiger partial charge in [-0.15, -0.1) is 10.2 Å². The van der Waals surface area contributed by atoms with Crippen molar-refractivity contribution in [3.8, 4) is 0 Å². The van der Waals surface area contributed by atoms with Gasteiger partial charge in [0.2, 0.25) is 0 Å². The highest BCUT2D eigenvalue weighted by atomic mass is 15.3. The standard InChI is InChI=1S/C14H24N4/c1-2-5-12-14-17-16-13(18(14)9-8-15-12)10-11-6-3-4-7-11/h11-12,15H,2-10H2,1H3. The van der Waals surface area contributed by atoms with E-state index in [4.69, 9.17) is 0 Å². The zero-order valence-corrected chi connectivity index (χ0v) is 11.4. The molecule has 1 N–H and O–H groups in total. The van der Waals surface area contributed by atoms with Crippen molar-refractivity contribution in [2.24, 2.45) is 5.92 Å². The second-order valence-corrected chi connectivity index (χ2v) is 5.78. The van der Waals surface area contributed by atoms with Crippen LogP contribution in [0, 0.1) is 5.92 Å². The van der Waals surface area contributed by atoms with E-state index in [1.807, 2.05) is 0 Å². The number of nitrogens with zero attached hydrogens (tertiary/aromatic N) is 3. The minimum atomic E-state index is 0.425. The van der Waals surface area contributed by atoms with Gasteiger partial charge in [0.15, 0.2) is 0 Å². The number of rotatable bonds is 4. The molecule has 0 aromatic carbocycles. The van der Waals surface area contributed by atoms with Gasteiger partial charge in [-0.1, -0.05) is 39.0 Å². The predicted octanol–water partition coefficient (Wildman–Crippen LogP) is 2.46. The van der Waals surface area contributed by atoms with Crippen LogP contribution in [0.1, 0.15) is 63.1 Å². The summed E-state index contributed by atoms with van der Waals surface area (Å²) in [6.45, 7) is 4.34. The molecule has 100 valence electrons. The van der Waals surface area contributed by atoms with E-state index in [1.165, 1.54) is 50.2 Å². The molecule has 1 saturated carbocycles. The van der Waals surface area contributed by atoms with Gasteiger partial charge in [0.1, 0.15) is 11.6 Å². The molecule has 1 fully saturated rings. The predicted molar refractivity (Wildman–Crippen MR) is 71.3 cm³/mol. The lowest BCUT2D eigenvalue weighted by Gasteiger charge is -2.25. The molecule has 4 heteroatoms. The molecule has 1 aliphatic heterocycles. The summed E-state index contributed by atoms with van der Waals surface area (Å²) in [4.78, 5) is 0. The van der Waals surface area contributed by atoms with Gasteiger partial charge in [-0.05, 0) is 12.3 Å². The summed E-state index contributed by atoms with van der Waals surface area (Å²) in [6.07, 6.45) is 9.10. The highest BCUT2D eigenvalue weighted by molar-refractivity contribution is 5.05. The van der Waals surface area contributed by atoms with Gasteiger partial charge >= 0.3 is 0 Å². The number of nitrogens with one attached hydrogen (secondary N) is 1. The van der Waals surface area contributed by atoms with E-state index in [2.05, 4.69) is 27.0 Å². The van der Waals surface area contributed by atoms with E-state index < -0.39 is 0 Å². The van der Waals surface area contributed by atoms with Gasteiger partial charge in [0.05, 0.1) is 6.04 Å². The number of hydrogen-bond donors (Lipinski definition) is 1. The molecular formula is C14H24N4. The second kappa shape index (κ2) is 5.39. The monoisotopic (exact) mass is 248 g/mol. The van der Waals surface area contributed by atoms with Crippen molar-refractivity contribution in [1.82, 2.24) is 20.1 Å². The SMILES string of the molecule is CCCC1NCCn2c(CC3CCCC3)nnc21. The van der Waals surface area contributed by atoms with E-state index >= 15 is 0 Å². The molecular weight excluding hydrogens is 224 g/mol. The normalized spacial score (nSPS) is 24.4. The van der Waals surface area contributed by atoms with Crippen molar-refractivity contribution in [2.75, 3.05) is 6.54 Å². The molecule has 1 aromatic rings. The Labute approximate surface area is 109 Å². The zero-order chi connectivity index (χ0) is 12.4. The lowest BCUT2D eigenvalue weighted by Crippen LogP contribution is -2.34. The molecule has 0 spiro atoms. The zero-order valence-electron chi connectivity index (χ0n) is 11.4. The van der Waals surface area contributed by atoms with Crippen molar-refractivity contribution in [1.29, 1.82) is 0 Å². The number of aromatic nitrogens is 3. The van der Waals surface area contributed by atoms with Crippen molar-refractivity contribution >= 4 is 0 Å². The van der Waals surface area contributed by atoms with Gasteiger partial charge < -0.3 is 9.88 Å². The molecule has 18 heavy (non-hydrogen) atoms. The van der Waals surface area contributed by atoms with Crippen LogP contribution in [0.3, 0.4) is 0 Å². The third kappa shape index (κ3) is 2.30. The van der Waals surface area contributed by atoms with Crippen LogP contribution in [-0.2, 0) is 13.0 Å². The Morgan fingerprint density at radius 3 is 2.89 bits per heavy atom. The van der Waals surface area contributed by atoms with Crippen LogP contribution in [0.5, 0.6) is 0 Å². The summed E-state index contributed by atoms with van der Waals surface area (Å²) in [5.41, 5.74) is 0. The summed E-state index contributed by atoms with van der Waals surface area (Å²) >= 11 is 0. The average Bonchev–Trinajstić information content (AvgIpc) is 3.01. The van der Waals surface area contributed by atoms with Crippen molar-refractivity contribution in [3.63, 3.8) is 0 Å². The van der Waals surface area contributed by atoms with Crippen LogP contribution >= 0.6 is 0 Å². The summed E-state index contributed by atoms with van der Waals surface area (Å²) < 4.78 is 2.38. The second-order valence-electron chi connectivity index (χ2n) is 5.78. The van der Waals surface area contributed by atoms with Crippen LogP contribution in [0.25, 0.3) is 0 Å². The Balaban J connectivity index is 1.76. The number of fused-ring (bicyclic) bond motifs is 1. The highest BCUT2D eigenvalue weighted by Crippen LogP contribution is 2.29. The van der Waals surface area contributed by atoms with Crippen molar-refractivity contribution < 1.29 is 0 Å². The molecule has 2 aliphatic rings. The van der Waals surface area contributed by atoms with Crippen molar-refractivity contribution in [3.05, 3.63) is 11.6 Å². The first-order valence-electron chi connectivity index (χ1n) is 7.54. The molecule has 1 atom stereocenters. The number of hydrogen-bond acceptors (Lipinski definition) is 3. The summed E-state index contributed by atoms with van der Waals surface area (Å²) in [6, 6.07) is 0.425. The molecule has 3 rings (SSSR count). The van der Waals surface area contributed by atoms with E-state index in [0.717, 1.165) is 25.4 Å². The van der Waals surface area contributed by atoms with Crippen LogP contribution < -0.4 is 5.32 Å². The van der Waals surface area contributed by atoms with E-state index in [1.54, 1.807) is 0 Å². The van der Waals surface area contributed by atoms with Crippen LogP contribution in [0.2, 0.25) is 0 Å². The Morgan fingerprint density at radius 1 is 1.28 bits per heavy atom. The quantitative estimate of drug-likeness (QED) is 0.890. The third-order valence-electron chi connectivity index (χ3n) is 4.42. The first-order chi connectivity index (χ1) is 8.88. The lowest BCUT2D eigenvalue weighted by atomic mass is 10.0. The molecule has 4 nitrogen and oxygen atoms in total. The Bertz CT molecular complexity index is 392. The van der Waals surface area contributed by atoms with Crippen LogP contribution in [0.4, 0.5) is 0 Å². The van der Waals surface area contributed by atoms with Gasteiger partial charge in [-0.3, -0.25) is 0 Å². The molecule has 1 aliphatic carbocycles. The molecule has 1 aromatic heterocycles. The average molecular weight is 248 g/mol. The fourth-order valence-corrected chi connectivity index (χ4v) is 3.44. The van der Waals surface area contributed by atoms with E-state index in [-0.39, 0.29) is 0 Å². The van der Waals surface area contributed by atoms with Crippen molar-refractivity contribution in [2.45, 2.75) is 64.5 Å². The smallest absolute Gasteiger partial charge is 0.150 e. The Morgan fingerprint density at radius 2 is 2.11 bits per heavy atom. The van der Waals surface area contributed by atoms with Crippen LogP contribution in [-0.4, -0.2) is 21.3 Å². The Kier molecular flexibility index (Phi) is 3.64. The maximum Gasteiger partial charge on any atom is 0.150 e. The molecule has 0 radical (unpaired) electrons. The third-order valence-corrected chi connectivity index (χ3v) is 4.42. The Hall–Kier alpha value is -0.900. The summed E-state index contributed by atoms with van der Waals surface area (Å²) in [5.74, 6) is 3.27. The maximum atomic E-state index is 4.47. The molecule has 0 amide bonds. The van der Waals surface area contributed by atoms with E-state index in [0.29, 0.717) is 6.04 Å². The molecule has 1 unspecified atom stereocenters. The lowest BCUT2D eigenvalue weighted by molar-refractivity contribution is 0.383. The minimum Gasteiger partial charge on any atom is -0.312 e. The largest absolute Gasteiger partial charge is 0.312 e. The van der Waals surface area contributed by atoms with Gasteiger partial charge in [0.25, 0.3) is 0 Å². The fraction of sp³-hybridized carbons (Fsp3) is 0.857. The molecule has 0 saturated heterocycles. The first kappa shape index (κ1) is 12.2. The first-order valence-corrected chi connectivity index (χ1v) is 7.54. The molecule has 2 heterocycles. The summed E-state index contributed by atoms with van der Waals surface area (Å²) in [7, 11) is 0. The van der Waals surface area contributed by atoms with Crippen LogP contribution in [0.15, 0.2) is 0 Å². The molecule has 0 bridgehead atoms. The van der Waals surface area contributed by atoms with Gasteiger partial charge in [0, 0.05) is 19.5 Å². The topological polar surface area (TPSA) is 42.7 Å². The highest BCUT2D eigenvalue weighted by Gasteiger charge is 2.26. The maximum absolute atomic E-state index is 4.47. The van der Waals surface area contributed by atoms with Gasteiger partial charge in [-0.2, -0.15) is 0 Å². The minimum absolute atomic E-state index is 0.425. The fourth-order valence-electron chi connectivity index (χ4n) is 3.44. The summed E-state index contributed by atoms with van der Waals surface area (Å²) in [5, 5.41) is 12.5.